The molecule has 0 saturated carbocycles. The van der Waals surface area contributed by atoms with Crippen molar-refractivity contribution in [2.75, 3.05) is 0 Å². The van der Waals surface area contributed by atoms with Gasteiger partial charge in [0.05, 0.1) is 17.0 Å². The molecule has 21 heavy (non-hydrogen) atoms. The van der Waals surface area contributed by atoms with Crippen molar-refractivity contribution >= 4 is 21.9 Å². The van der Waals surface area contributed by atoms with E-state index in [2.05, 4.69) is 0 Å². The van der Waals surface area contributed by atoms with E-state index in [1.807, 2.05) is 18.2 Å². The van der Waals surface area contributed by atoms with Crippen LogP contribution in [0.3, 0.4) is 0 Å². The van der Waals surface area contributed by atoms with Crippen molar-refractivity contribution in [3.05, 3.63) is 65.0 Å². The molecule has 0 unspecified atom stereocenters. The zero-order chi connectivity index (χ0) is 14.4. The molecule has 0 aliphatic rings. The van der Waals surface area contributed by atoms with Gasteiger partial charge >= 0.3 is 0 Å². The largest absolute Gasteiger partial charge is 0.502 e. The van der Waals surface area contributed by atoms with Gasteiger partial charge in [0.15, 0.2) is 5.76 Å². The van der Waals surface area contributed by atoms with Gasteiger partial charge in [-0.3, -0.25) is 4.79 Å². The number of fused-ring (bicyclic) bond motifs is 3. The van der Waals surface area contributed by atoms with Crippen LogP contribution < -0.4 is 5.43 Å². The summed E-state index contributed by atoms with van der Waals surface area (Å²) in [6, 6.07) is 14.1. The average molecular weight is 278 g/mol. The highest BCUT2D eigenvalue weighted by atomic mass is 16.4. The van der Waals surface area contributed by atoms with E-state index in [1.165, 1.54) is 0 Å². The third-order valence-corrected chi connectivity index (χ3v) is 3.50. The van der Waals surface area contributed by atoms with Crippen molar-refractivity contribution in [3.8, 4) is 17.1 Å². The van der Waals surface area contributed by atoms with Gasteiger partial charge in [-0.05, 0) is 18.2 Å². The van der Waals surface area contributed by atoms with Crippen LogP contribution in [0.1, 0.15) is 0 Å². The van der Waals surface area contributed by atoms with E-state index < -0.39 is 5.43 Å². The van der Waals surface area contributed by atoms with Crippen LogP contribution in [0, 0.1) is 0 Å². The topological polar surface area (TPSA) is 63.6 Å². The van der Waals surface area contributed by atoms with E-state index in [1.54, 1.807) is 36.6 Å². The normalized spacial score (nSPS) is 11.2. The quantitative estimate of drug-likeness (QED) is 0.573. The van der Waals surface area contributed by atoms with Gasteiger partial charge in [-0.25, -0.2) is 0 Å². The molecule has 102 valence electrons. The zero-order valence-corrected chi connectivity index (χ0v) is 10.9. The molecule has 4 nitrogen and oxygen atoms in total. The molecule has 2 aromatic carbocycles. The molecule has 0 bridgehead atoms. The standard InChI is InChI=1S/C17H10O4/c18-14-12-6-7-13-11(8-9-20-13)17(12)21-16(15(14)19)10-4-2-1-3-5-10/h1-9,19H. The van der Waals surface area contributed by atoms with E-state index >= 15 is 0 Å². The molecule has 0 aliphatic heterocycles. The lowest BCUT2D eigenvalue weighted by Crippen LogP contribution is -2.02. The average Bonchev–Trinajstić information content (AvgIpc) is 3.00. The first-order valence-corrected chi connectivity index (χ1v) is 6.47. The third kappa shape index (κ3) is 1.66. The highest BCUT2D eigenvalue weighted by molar-refractivity contribution is 6.02. The van der Waals surface area contributed by atoms with E-state index in [0.29, 0.717) is 27.5 Å². The van der Waals surface area contributed by atoms with Gasteiger partial charge in [0.1, 0.15) is 11.2 Å². The first-order chi connectivity index (χ1) is 10.3. The Hall–Kier alpha value is -3.01. The molecular formula is C17H10O4. The number of benzene rings is 2. The van der Waals surface area contributed by atoms with E-state index in [-0.39, 0.29) is 11.5 Å². The number of aromatic hydroxyl groups is 1. The minimum atomic E-state index is -0.446. The Labute approximate surface area is 118 Å². The van der Waals surface area contributed by atoms with Crippen molar-refractivity contribution in [1.29, 1.82) is 0 Å². The molecule has 0 atom stereocenters. The van der Waals surface area contributed by atoms with Crippen LogP contribution in [0.15, 0.2) is 68.4 Å². The summed E-state index contributed by atoms with van der Waals surface area (Å²) in [4.78, 5) is 12.3. The molecule has 4 rings (SSSR count). The molecule has 0 radical (unpaired) electrons. The van der Waals surface area contributed by atoms with Crippen LogP contribution in [0.2, 0.25) is 0 Å². The van der Waals surface area contributed by atoms with Crippen molar-refractivity contribution < 1.29 is 13.9 Å². The zero-order valence-electron chi connectivity index (χ0n) is 10.9. The predicted molar refractivity (Wildman–Crippen MR) is 79.4 cm³/mol. The monoisotopic (exact) mass is 278 g/mol. The summed E-state index contributed by atoms with van der Waals surface area (Å²) in [6.07, 6.45) is 1.54. The summed E-state index contributed by atoms with van der Waals surface area (Å²) < 4.78 is 11.1. The maximum Gasteiger partial charge on any atom is 0.235 e. The summed E-state index contributed by atoms with van der Waals surface area (Å²) >= 11 is 0. The Bertz CT molecular complexity index is 1010. The van der Waals surface area contributed by atoms with E-state index in [4.69, 9.17) is 8.83 Å². The SMILES string of the molecule is O=c1c(O)c(-c2ccccc2)oc2c1ccc1occc12. The van der Waals surface area contributed by atoms with Gasteiger partial charge < -0.3 is 13.9 Å². The molecule has 2 aromatic heterocycles. The van der Waals surface area contributed by atoms with Crippen molar-refractivity contribution in [2.45, 2.75) is 0 Å². The van der Waals surface area contributed by atoms with Crippen LogP contribution in [0.5, 0.6) is 5.75 Å². The number of hydrogen-bond donors (Lipinski definition) is 1. The second kappa shape index (κ2) is 4.24. The smallest absolute Gasteiger partial charge is 0.235 e. The molecule has 0 spiro atoms. The number of rotatable bonds is 1. The Balaban J connectivity index is 2.18. The fraction of sp³-hybridized carbons (Fsp3) is 0. The lowest BCUT2D eigenvalue weighted by atomic mass is 10.1. The number of hydrogen-bond acceptors (Lipinski definition) is 4. The molecule has 1 N–H and O–H groups in total. The van der Waals surface area contributed by atoms with Gasteiger partial charge in [0.2, 0.25) is 11.2 Å². The van der Waals surface area contributed by atoms with E-state index in [0.717, 1.165) is 0 Å². The maximum atomic E-state index is 12.3. The number of furan rings is 1. The van der Waals surface area contributed by atoms with Crippen molar-refractivity contribution in [1.82, 2.24) is 0 Å². The van der Waals surface area contributed by atoms with Crippen LogP contribution in [-0.2, 0) is 0 Å². The lowest BCUT2D eigenvalue weighted by molar-refractivity contribution is 0.449. The molecule has 0 amide bonds. The predicted octanol–water partition coefficient (Wildman–Crippen LogP) is 3.91. The first kappa shape index (κ1) is 11.8. The minimum absolute atomic E-state index is 0.168. The van der Waals surface area contributed by atoms with Crippen LogP contribution in [0.25, 0.3) is 33.3 Å². The fourth-order valence-electron chi connectivity index (χ4n) is 2.47. The van der Waals surface area contributed by atoms with E-state index in [9.17, 15) is 9.90 Å². The van der Waals surface area contributed by atoms with Crippen LogP contribution in [0.4, 0.5) is 0 Å². The van der Waals surface area contributed by atoms with Crippen LogP contribution >= 0.6 is 0 Å². The molecular weight excluding hydrogens is 268 g/mol. The van der Waals surface area contributed by atoms with Gasteiger partial charge in [0, 0.05) is 5.56 Å². The molecule has 2 heterocycles. The molecule has 4 heteroatoms. The summed E-state index contributed by atoms with van der Waals surface area (Å²) in [5, 5.41) is 11.2. The first-order valence-electron chi connectivity index (χ1n) is 6.47. The second-order valence-electron chi connectivity index (χ2n) is 4.75. The molecule has 0 aliphatic carbocycles. The van der Waals surface area contributed by atoms with Crippen molar-refractivity contribution in [2.24, 2.45) is 0 Å². The molecule has 0 fully saturated rings. The molecule has 4 aromatic rings. The highest BCUT2D eigenvalue weighted by Crippen LogP contribution is 2.33. The summed E-state index contributed by atoms with van der Waals surface area (Å²) in [6.45, 7) is 0. The Morgan fingerprint density at radius 1 is 0.905 bits per heavy atom. The summed E-state index contributed by atoms with van der Waals surface area (Å²) in [5.74, 6) is -0.210. The van der Waals surface area contributed by atoms with Gasteiger partial charge in [-0.1, -0.05) is 30.3 Å². The Kier molecular flexibility index (Phi) is 2.38. The van der Waals surface area contributed by atoms with Gasteiger partial charge in [-0.15, -0.1) is 0 Å². The third-order valence-electron chi connectivity index (χ3n) is 3.50. The maximum absolute atomic E-state index is 12.3. The van der Waals surface area contributed by atoms with Crippen LogP contribution in [-0.4, -0.2) is 5.11 Å². The summed E-state index contributed by atoms with van der Waals surface area (Å²) in [7, 11) is 0. The molecule has 0 saturated heterocycles. The Morgan fingerprint density at radius 2 is 1.71 bits per heavy atom. The highest BCUT2D eigenvalue weighted by Gasteiger charge is 2.17. The van der Waals surface area contributed by atoms with Crippen molar-refractivity contribution in [3.63, 3.8) is 0 Å². The van der Waals surface area contributed by atoms with Gasteiger partial charge in [0.25, 0.3) is 0 Å². The summed E-state index contributed by atoms with van der Waals surface area (Å²) in [5.41, 5.74) is 1.26. The second-order valence-corrected chi connectivity index (χ2v) is 4.75. The van der Waals surface area contributed by atoms with Gasteiger partial charge in [-0.2, -0.15) is 0 Å². The Morgan fingerprint density at radius 3 is 2.52 bits per heavy atom. The fourth-order valence-corrected chi connectivity index (χ4v) is 2.47. The lowest BCUT2D eigenvalue weighted by Gasteiger charge is -2.06. The minimum Gasteiger partial charge on any atom is -0.502 e.